The largest absolute Gasteiger partial charge is 0.504 e. The molecule has 0 atom stereocenters. The number of hydrogen-bond donors (Lipinski definition) is 2. The van der Waals surface area contributed by atoms with Crippen molar-refractivity contribution in [1.29, 1.82) is 0 Å². The van der Waals surface area contributed by atoms with Crippen molar-refractivity contribution < 1.29 is 14.6 Å². The molecule has 0 saturated heterocycles. The van der Waals surface area contributed by atoms with Crippen LogP contribution in [-0.2, 0) is 4.79 Å². The van der Waals surface area contributed by atoms with E-state index in [0.717, 1.165) is 18.4 Å². The first-order valence-electron chi connectivity index (χ1n) is 11.4. The highest BCUT2D eigenvalue weighted by molar-refractivity contribution is 5.83. The summed E-state index contributed by atoms with van der Waals surface area (Å²) in [6.45, 7) is 2.26. The number of hydrazone groups is 1. The third kappa shape index (κ3) is 12.9. The molecule has 5 heteroatoms. The second-order valence-corrected chi connectivity index (χ2v) is 7.72. The van der Waals surface area contributed by atoms with Crippen molar-refractivity contribution in [2.24, 2.45) is 5.10 Å². The van der Waals surface area contributed by atoms with Crippen molar-refractivity contribution in [3.63, 3.8) is 0 Å². The third-order valence-electron chi connectivity index (χ3n) is 5.11. The fourth-order valence-corrected chi connectivity index (χ4v) is 3.31. The van der Waals surface area contributed by atoms with Crippen LogP contribution in [0.25, 0.3) is 0 Å². The lowest BCUT2D eigenvalue weighted by molar-refractivity contribution is -0.121. The van der Waals surface area contributed by atoms with Crippen LogP contribution in [0.5, 0.6) is 11.5 Å². The number of carbonyl (C=O) groups excluding carboxylic acids is 1. The Balaban J connectivity index is 1.96. The minimum atomic E-state index is -0.0601. The number of phenolic OH excluding ortho intramolecular Hbond substituents is 1. The van der Waals surface area contributed by atoms with Gasteiger partial charge in [-0.1, -0.05) is 84.0 Å². The van der Waals surface area contributed by atoms with Gasteiger partial charge in [0.25, 0.3) is 0 Å². The molecule has 1 aromatic carbocycles. The second kappa shape index (κ2) is 16.9. The van der Waals surface area contributed by atoms with E-state index in [1.807, 2.05) is 0 Å². The zero-order valence-electron chi connectivity index (χ0n) is 18.4. The van der Waals surface area contributed by atoms with Gasteiger partial charge in [0.15, 0.2) is 11.5 Å². The van der Waals surface area contributed by atoms with Crippen molar-refractivity contribution in [2.75, 3.05) is 7.11 Å². The number of rotatable bonds is 17. The predicted molar refractivity (Wildman–Crippen MR) is 121 cm³/mol. The zero-order valence-corrected chi connectivity index (χ0v) is 18.4. The van der Waals surface area contributed by atoms with Gasteiger partial charge in [0.1, 0.15) is 0 Å². The molecule has 0 aliphatic heterocycles. The summed E-state index contributed by atoms with van der Waals surface area (Å²) >= 11 is 0. The first kappa shape index (κ1) is 25.0. The quantitative estimate of drug-likeness (QED) is 0.181. The Bertz CT molecular complexity index is 587. The Morgan fingerprint density at radius 3 is 2.07 bits per heavy atom. The molecule has 1 rings (SSSR count). The molecule has 0 bridgehead atoms. The maximum Gasteiger partial charge on any atom is 0.240 e. The fraction of sp³-hybridized carbons (Fsp3) is 0.667. The summed E-state index contributed by atoms with van der Waals surface area (Å²) in [5, 5.41) is 13.5. The second-order valence-electron chi connectivity index (χ2n) is 7.72. The van der Waals surface area contributed by atoms with Gasteiger partial charge in [0.05, 0.1) is 13.3 Å². The van der Waals surface area contributed by atoms with E-state index in [1.54, 1.807) is 18.3 Å². The third-order valence-corrected chi connectivity index (χ3v) is 5.11. The highest BCUT2D eigenvalue weighted by Crippen LogP contribution is 2.25. The van der Waals surface area contributed by atoms with Gasteiger partial charge in [0, 0.05) is 6.42 Å². The van der Waals surface area contributed by atoms with Crippen LogP contribution in [0.15, 0.2) is 23.3 Å². The molecular weight excluding hydrogens is 364 g/mol. The molecule has 1 amide bonds. The number of methoxy groups -OCH3 is 1. The number of amides is 1. The number of hydrogen-bond acceptors (Lipinski definition) is 4. The van der Waals surface area contributed by atoms with Gasteiger partial charge in [-0.15, -0.1) is 0 Å². The molecule has 164 valence electrons. The van der Waals surface area contributed by atoms with Gasteiger partial charge in [-0.2, -0.15) is 5.10 Å². The molecule has 0 unspecified atom stereocenters. The smallest absolute Gasteiger partial charge is 0.240 e. The van der Waals surface area contributed by atoms with Crippen LogP contribution in [0.1, 0.15) is 102 Å². The Labute approximate surface area is 176 Å². The Kier molecular flexibility index (Phi) is 14.5. The summed E-state index contributed by atoms with van der Waals surface area (Å²) in [6, 6.07) is 4.91. The predicted octanol–water partition coefficient (Wildman–Crippen LogP) is 6.33. The number of nitrogens with zero attached hydrogens (tertiary/aromatic N) is 1. The summed E-state index contributed by atoms with van der Waals surface area (Å²) < 4.78 is 5.04. The van der Waals surface area contributed by atoms with Gasteiger partial charge in [0.2, 0.25) is 5.91 Å². The summed E-state index contributed by atoms with van der Waals surface area (Å²) in [5.41, 5.74) is 3.30. The first-order chi connectivity index (χ1) is 14.2. The average molecular weight is 405 g/mol. The van der Waals surface area contributed by atoms with Crippen molar-refractivity contribution in [1.82, 2.24) is 5.43 Å². The van der Waals surface area contributed by atoms with Crippen LogP contribution < -0.4 is 10.2 Å². The van der Waals surface area contributed by atoms with E-state index in [0.29, 0.717) is 12.2 Å². The molecule has 1 aromatic rings. The SMILES string of the molecule is CCCCCCCCCCCCCCCC(=O)N/N=C\c1ccc(O)c(OC)c1. The van der Waals surface area contributed by atoms with E-state index < -0.39 is 0 Å². The molecular formula is C24H40N2O3. The highest BCUT2D eigenvalue weighted by Gasteiger charge is 2.02. The van der Waals surface area contributed by atoms with E-state index in [2.05, 4.69) is 17.5 Å². The zero-order chi connectivity index (χ0) is 21.2. The molecule has 29 heavy (non-hydrogen) atoms. The van der Waals surface area contributed by atoms with Crippen molar-refractivity contribution in [3.8, 4) is 11.5 Å². The Morgan fingerprint density at radius 2 is 1.52 bits per heavy atom. The van der Waals surface area contributed by atoms with Crippen LogP contribution in [0.4, 0.5) is 0 Å². The highest BCUT2D eigenvalue weighted by atomic mass is 16.5. The number of nitrogens with one attached hydrogen (secondary N) is 1. The van der Waals surface area contributed by atoms with Gasteiger partial charge >= 0.3 is 0 Å². The minimum absolute atomic E-state index is 0.0601. The van der Waals surface area contributed by atoms with Gasteiger partial charge in [-0.3, -0.25) is 4.79 Å². The van der Waals surface area contributed by atoms with Crippen LogP contribution in [0, 0.1) is 0 Å². The van der Waals surface area contributed by atoms with Crippen LogP contribution in [-0.4, -0.2) is 24.3 Å². The lowest BCUT2D eigenvalue weighted by atomic mass is 10.0. The number of aromatic hydroxyl groups is 1. The maximum absolute atomic E-state index is 11.8. The standard InChI is InChI=1S/C24H40N2O3/c1-3-4-5-6-7-8-9-10-11-12-13-14-15-16-24(28)26-25-20-21-17-18-22(27)23(19-21)29-2/h17-20,27H,3-16H2,1-2H3,(H,26,28)/b25-20-. The minimum Gasteiger partial charge on any atom is -0.504 e. The number of unbranched alkanes of at least 4 members (excludes halogenated alkanes) is 12. The average Bonchev–Trinajstić information content (AvgIpc) is 2.72. The van der Waals surface area contributed by atoms with E-state index in [-0.39, 0.29) is 11.7 Å². The molecule has 0 saturated carbocycles. The number of carbonyl (C=O) groups is 1. The number of phenols is 1. The van der Waals surface area contributed by atoms with Crippen molar-refractivity contribution >= 4 is 12.1 Å². The molecule has 0 heterocycles. The maximum atomic E-state index is 11.8. The Hall–Kier alpha value is -2.04. The lowest BCUT2D eigenvalue weighted by Gasteiger charge is -2.04. The molecule has 0 aliphatic carbocycles. The normalized spacial score (nSPS) is 11.1. The van der Waals surface area contributed by atoms with Crippen LogP contribution in [0.2, 0.25) is 0 Å². The van der Waals surface area contributed by atoms with Gasteiger partial charge in [-0.05, 0) is 30.2 Å². The Morgan fingerprint density at radius 1 is 0.966 bits per heavy atom. The fourth-order valence-electron chi connectivity index (χ4n) is 3.31. The molecule has 2 N–H and O–H groups in total. The van der Waals surface area contributed by atoms with E-state index >= 15 is 0 Å². The lowest BCUT2D eigenvalue weighted by Crippen LogP contribution is -2.16. The summed E-state index contributed by atoms with van der Waals surface area (Å²) in [7, 11) is 1.49. The monoisotopic (exact) mass is 404 g/mol. The number of ether oxygens (including phenoxy) is 1. The molecule has 0 aromatic heterocycles. The van der Waals surface area contributed by atoms with Gasteiger partial charge < -0.3 is 9.84 Å². The molecule has 0 spiro atoms. The molecule has 0 aliphatic rings. The van der Waals surface area contributed by atoms with Crippen LogP contribution >= 0.6 is 0 Å². The van der Waals surface area contributed by atoms with Crippen LogP contribution in [0.3, 0.4) is 0 Å². The first-order valence-corrected chi connectivity index (χ1v) is 11.4. The van der Waals surface area contributed by atoms with Crippen molar-refractivity contribution in [3.05, 3.63) is 23.8 Å². The summed E-state index contributed by atoms with van der Waals surface area (Å²) in [6.07, 6.45) is 18.9. The molecule has 0 radical (unpaired) electrons. The molecule has 5 nitrogen and oxygen atoms in total. The number of benzene rings is 1. The summed E-state index contributed by atoms with van der Waals surface area (Å²) in [5.74, 6) is 0.401. The van der Waals surface area contributed by atoms with Gasteiger partial charge in [-0.25, -0.2) is 5.43 Å². The van der Waals surface area contributed by atoms with E-state index in [1.165, 1.54) is 83.8 Å². The molecule has 0 fully saturated rings. The van der Waals surface area contributed by atoms with E-state index in [9.17, 15) is 9.90 Å². The van der Waals surface area contributed by atoms with E-state index in [4.69, 9.17) is 4.74 Å². The van der Waals surface area contributed by atoms with Crippen molar-refractivity contribution in [2.45, 2.75) is 96.8 Å². The summed E-state index contributed by atoms with van der Waals surface area (Å²) in [4.78, 5) is 11.8. The topological polar surface area (TPSA) is 70.9 Å².